The van der Waals surface area contributed by atoms with Gasteiger partial charge in [0.15, 0.2) is 5.90 Å². The van der Waals surface area contributed by atoms with Gasteiger partial charge in [0.25, 0.3) is 0 Å². The molecule has 1 heterocycles. The van der Waals surface area contributed by atoms with Crippen LogP contribution in [0.3, 0.4) is 0 Å². The van der Waals surface area contributed by atoms with E-state index in [0.717, 1.165) is 12.5 Å². The summed E-state index contributed by atoms with van der Waals surface area (Å²) < 4.78 is 5.26. The Bertz CT molecular complexity index is 158. The molecule has 0 bridgehead atoms. The molecule has 0 N–H and O–H groups in total. The zero-order chi connectivity index (χ0) is 6.32. The van der Waals surface area contributed by atoms with Crippen LogP contribution in [0.2, 0.25) is 0 Å². The number of hydrogen-bond donors (Lipinski definition) is 0. The quantitative estimate of drug-likeness (QED) is 0.479. The molecule has 9 heavy (non-hydrogen) atoms. The zero-order valence-electron chi connectivity index (χ0n) is 5.68. The van der Waals surface area contributed by atoms with Crippen molar-refractivity contribution in [2.75, 3.05) is 6.61 Å². The smallest absolute Gasteiger partial charge is 0.180 e. The Balaban J connectivity index is 2.15. The second-order valence-electron chi connectivity index (χ2n) is 3.00. The third-order valence-electron chi connectivity index (χ3n) is 2.23. The summed E-state index contributed by atoms with van der Waals surface area (Å²) in [5.41, 5.74) is 0.254. The van der Waals surface area contributed by atoms with Crippen LogP contribution in [0.1, 0.15) is 26.2 Å². The lowest BCUT2D eigenvalue weighted by Gasteiger charge is -2.32. The highest BCUT2D eigenvalue weighted by atomic mass is 16.5. The van der Waals surface area contributed by atoms with Crippen molar-refractivity contribution in [2.45, 2.75) is 31.7 Å². The Morgan fingerprint density at radius 1 is 1.56 bits per heavy atom. The summed E-state index contributed by atoms with van der Waals surface area (Å²) in [4.78, 5) is 4.42. The van der Waals surface area contributed by atoms with Gasteiger partial charge >= 0.3 is 0 Å². The minimum atomic E-state index is 0.254. The highest BCUT2D eigenvalue weighted by Gasteiger charge is 2.41. The third-order valence-corrected chi connectivity index (χ3v) is 2.23. The van der Waals surface area contributed by atoms with Gasteiger partial charge in [-0.1, -0.05) is 0 Å². The van der Waals surface area contributed by atoms with Crippen LogP contribution in [-0.4, -0.2) is 18.0 Å². The van der Waals surface area contributed by atoms with Crippen molar-refractivity contribution in [3.63, 3.8) is 0 Å². The molecule has 0 aromatic carbocycles. The lowest BCUT2D eigenvalue weighted by Crippen LogP contribution is -2.36. The molecule has 2 aliphatic rings. The molecule has 0 unspecified atom stereocenters. The van der Waals surface area contributed by atoms with E-state index in [1.54, 1.807) is 0 Å². The molecule has 0 radical (unpaired) electrons. The van der Waals surface area contributed by atoms with Crippen molar-refractivity contribution >= 4 is 5.90 Å². The minimum absolute atomic E-state index is 0.254. The van der Waals surface area contributed by atoms with Crippen LogP contribution in [0.5, 0.6) is 0 Å². The first-order chi connectivity index (χ1) is 4.31. The SMILES string of the molecule is CC1=NC2(CCC2)CO1. The number of aliphatic imine (C=N–C) groups is 1. The van der Waals surface area contributed by atoms with Gasteiger partial charge in [-0.25, -0.2) is 4.99 Å². The Morgan fingerprint density at radius 3 is 2.56 bits per heavy atom. The average molecular weight is 125 g/mol. The van der Waals surface area contributed by atoms with Gasteiger partial charge in [0, 0.05) is 6.92 Å². The normalized spacial score (nSPS) is 29.2. The van der Waals surface area contributed by atoms with Gasteiger partial charge in [0.1, 0.15) is 6.61 Å². The molecular formula is C7H11NO. The molecule has 2 heteroatoms. The van der Waals surface area contributed by atoms with E-state index in [-0.39, 0.29) is 5.54 Å². The average Bonchev–Trinajstić information content (AvgIpc) is 2.09. The fourth-order valence-electron chi connectivity index (χ4n) is 1.48. The number of ether oxygens (including phenoxy) is 1. The summed E-state index contributed by atoms with van der Waals surface area (Å²) in [6.07, 6.45) is 3.81. The minimum Gasteiger partial charge on any atom is -0.479 e. The Labute approximate surface area is 54.9 Å². The monoisotopic (exact) mass is 125 g/mol. The molecule has 1 saturated carbocycles. The van der Waals surface area contributed by atoms with Gasteiger partial charge in [-0.15, -0.1) is 0 Å². The molecule has 2 nitrogen and oxygen atoms in total. The molecule has 0 aromatic rings. The summed E-state index contributed by atoms with van der Waals surface area (Å²) in [7, 11) is 0. The van der Waals surface area contributed by atoms with E-state index in [1.165, 1.54) is 19.3 Å². The Hall–Kier alpha value is -0.530. The van der Waals surface area contributed by atoms with Crippen LogP contribution in [0, 0.1) is 0 Å². The van der Waals surface area contributed by atoms with Gasteiger partial charge in [0.2, 0.25) is 0 Å². The van der Waals surface area contributed by atoms with Crippen LogP contribution in [0.15, 0.2) is 4.99 Å². The molecule has 1 spiro atoms. The van der Waals surface area contributed by atoms with Crippen molar-refractivity contribution in [3.8, 4) is 0 Å². The largest absolute Gasteiger partial charge is 0.479 e. The molecule has 0 saturated heterocycles. The van der Waals surface area contributed by atoms with Crippen LogP contribution in [0.4, 0.5) is 0 Å². The highest BCUT2D eigenvalue weighted by molar-refractivity contribution is 5.75. The lowest BCUT2D eigenvalue weighted by molar-refractivity contribution is 0.174. The highest BCUT2D eigenvalue weighted by Crippen LogP contribution is 2.38. The van der Waals surface area contributed by atoms with Gasteiger partial charge in [-0.2, -0.15) is 0 Å². The second kappa shape index (κ2) is 1.49. The summed E-state index contributed by atoms with van der Waals surface area (Å²) in [5.74, 6) is 0.884. The first kappa shape index (κ1) is 5.27. The maximum Gasteiger partial charge on any atom is 0.180 e. The van der Waals surface area contributed by atoms with E-state index >= 15 is 0 Å². The maximum atomic E-state index is 5.26. The van der Waals surface area contributed by atoms with E-state index in [1.807, 2.05) is 6.92 Å². The fraction of sp³-hybridized carbons (Fsp3) is 0.857. The van der Waals surface area contributed by atoms with Crippen molar-refractivity contribution < 1.29 is 4.74 Å². The maximum absolute atomic E-state index is 5.26. The molecule has 0 aromatic heterocycles. The standard InChI is InChI=1S/C7H11NO/c1-6-8-7(5-9-6)3-2-4-7/h2-5H2,1H3. The van der Waals surface area contributed by atoms with E-state index in [9.17, 15) is 0 Å². The summed E-state index contributed by atoms with van der Waals surface area (Å²) in [6.45, 7) is 2.78. The molecule has 0 amide bonds. The van der Waals surface area contributed by atoms with Gasteiger partial charge in [-0.3, -0.25) is 0 Å². The Morgan fingerprint density at radius 2 is 2.33 bits per heavy atom. The molecule has 1 aliphatic carbocycles. The molecule has 1 aliphatic heterocycles. The predicted molar refractivity (Wildman–Crippen MR) is 35.6 cm³/mol. The van der Waals surface area contributed by atoms with Crippen LogP contribution in [0.25, 0.3) is 0 Å². The topological polar surface area (TPSA) is 21.6 Å². The van der Waals surface area contributed by atoms with E-state index in [0.29, 0.717) is 0 Å². The first-order valence-corrected chi connectivity index (χ1v) is 3.50. The van der Waals surface area contributed by atoms with Crippen molar-refractivity contribution in [1.82, 2.24) is 0 Å². The van der Waals surface area contributed by atoms with E-state index in [4.69, 9.17) is 4.74 Å². The van der Waals surface area contributed by atoms with E-state index in [2.05, 4.69) is 4.99 Å². The summed E-state index contributed by atoms with van der Waals surface area (Å²) in [6, 6.07) is 0. The number of rotatable bonds is 0. The summed E-state index contributed by atoms with van der Waals surface area (Å²) in [5, 5.41) is 0. The molecule has 2 rings (SSSR count). The van der Waals surface area contributed by atoms with E-state index < -0.39 is 0 Å². The predicted octanol–water partition coefficient (Wildman–Crippen LogP) is 1.36. The fourth-order valence-corrected chi connectivity index (χ4v) is 1.48. The summed E-state index contributed by atoms with van der Waals surface area (Å²) >= 11 is 0. The number of nitrogens with zero attached hydrogens (tertiary/aromatic N) is 1. The van der Waals surface area contributed by atoms with Crippen molar-refractivity contribution in [3.05, 3.63) is 0 Å². The van der Waals surface area contributed by atoms with Crippen LogP contribution >= 0.6 is 0 Å². The lowest BCUT2D eigenvalue weighted by atomic mass is 9.78. The van der Waals surface area contributed by atoms with Crippen LogP contribution in [-0.2, 0) is 4.74 Å². The number of hydrogen-bond acceptors (Lipinski definition) is 2. The zero-order valence-corrected chi connectivity index (χ0v) is 5.68. The van der Waals surface area contributed by atoms with Gasteiger partial charge in [0.05, 0.1) is 5.54 Å². The second-order valence-corrected chi connectivity index (χ2v) is 3.00. The van der Waals surface area contributed by atoms with Crippen LogP contribution < -0.4 is 0 Å². The molecule has 1 fully saturated rings. The van der Waals surface area contributed by atoms with Gasteiger partial charge < -0.3 is 4.74 Å². The van der Waals surface area contributed by atoms with Crippen molar-refractivity contribution in [1.29, 1.82) is 0 Å². The van der Waals surface area contributed by atoms with Gasteiger partial charge in [-0.05, 0) is 19.3 Å². The molecule has 0 atom stereocenters. The Kier molecular flexibility index (Phi) is 0.875. The van der Waals surface area contributed by atoms with Crippen molar-refractivity contribution in [2.24, 2.45) is 4.99 Å². The first-order valence-electron chi connectivity index (χ1n) is 3.50. The molecular weight excluding hydrogens is 114 g/mol. The molecule has 50 valence electrons. The third kappa shape index (κ3) is 0.655.